The molecule has 0 amide bonds. The molecule has 2 N–H and O–H groups in total. The average Bonchev–Trinajstić information content (AvgIpc) is 2.54. The highest BCUT2D eigenvalue weighted by Crippen LogP contribution is 2.57. The molecule has 2 atom stereocenters. The van der Waals surface area contributed by atoms with Crippen LogP contribution >= 0.6 is 24.0 Å². The van der Waals surface area contributed by atoms with E-state index >= 15 is 0 Å². The van der Waals surface area contributed by atoms with Crippen LogP contribution in [0, 0.1) is 11.3 Å². The summed E-state index contributed by atoms with van der Waals surface area (Å²) in [6.45, 7) is 4.95. The van der Waals surface area contributed by atoms with Crippen molar-refractivity contribution in [2.75, 3.05) is 39.5 Å². The summed E-state index contributed by atoms with van der Waals surface area (Å²) in [6.07, 6.45) is 8.34. The van der Waals surface area contributed by atoms with Crippen molar-refractivity contribution in [1.82, 2.24) is 14.9 Å². The van der Waals surface area contributed by atoms with E-state index in [-0.39, 0.29) is 24.0 Å². The van der Waals surface area contributed by atoms with Gasteiger partial charge in [0.2, 0.25) is 10.0 Å². The molecule has 2 unspecified atom stereocenters. The number of hydrogen-bond donors (Lipinski definition) is 2. The summed E-state index contributed by atoms with van der Waals surface area (Å²) in [5.41, 5.74) is 0.314. The molecular formula is C18H35IN4O3S. The third-order valence-electron chi connectivity index (χ3n) is 6.57. The number of ether oxygens (including phenoxy) is 1. The Labute approximate surface area is 181 Å². The Bertz CT molecular complexity index is 616. The number of piperidine rings is 1. The fraction of sp³-hybridized carbons (Fsp3) is 0.944. The number of hydrogen-bond acceptors (Lipinski definition) is 4. The van der Waals surface area contributed by atoms with E-state index in [1.165, 1.54) is 25.5 Å². The molecule has 0 bridgehead atoms. The van der Waals surface area contributed by atoms with Crippen LogP contribution in [0.25, 0.3) is 0 Å². The number of halogens is 1. The predicted molar refractivity (Wildman–Crippen MR) is 119 cm³/mol. The molecule has 27 heavy (non-hydrogen) atoms. The van der Waals surface area contributed by atoms with Crippen LogP contribution in [0.4, 0.5) is 0 Å². The Balaban J connectivity index is 0.00000261. The Morgan fingerprint density at radius 3 is 2.44 bits per heavy atom. The number of nitrogens with zero attached hydrogens (tertiary/aromatic N) is 2. The van der Waals surface area contributed by atoms with Crippen molar-refractivity contribution in [3.63, 3.8) is 0 Å². The van der Waals surface area contributed by atoms with Crippen LogP contribution in [-0.4, -0.2) is 70.4 Å². The van der Waals surface area contributed by atoms with Crippen LogP contribution < -0.4 is 10.6 Å². The minimum Gasteiger partial charge on any atom is -0.378 e. The van der Waals surface area contributed by atoms with E-state index in [0.29, 0.717) is 36.6 Å². The lowest BCUT2D eigenvalue weighted by atomic mass is 9.51. The van der Waals surface area contributed by atoms with Crippen molar-refractivity contribution in [3.8, 4) is 0 Å². The summed E-state index contributed by atoms with van der Waals surface area (Å²) in [5.74, 6) is 1.35. The Morgan fingerprint density at radius 1 is 1.30 bits per heavy atom. The molecule has 158 valence electrons. The molecule has 0 aromatic carbocycles. The number of nitrogens with one attached hydrogen (secondary N) is 2. The smallest absolute Gasteiger partial charge is 0.211 e. The van der Waals surface area contributed by atoms with Gasteiger partial charge in [0.15, 0.2) is 5.96 Å². The maximum absolute atomic E-state index is 11.6. The van der Waals surface area contributed by atoms with Crippen molar-refractivity contribution >= 4 is 40.0 Å². The van der Waals surface area contributed by atoms with Gasteiger partial charge in [0.25, 0.3) is 0 Å². The second-order valence-corrected chi connectivity index (χ2v) is 10.0. The monoisotopic (exact) mass is 514 g/mol. The molecule has 3 aliphatic rings. The summed E-state index contributed by atoms with van der Waals surface area (Å²) in [4.78, 5) is 4.39. The van der Waals surface area contributed by atoms with Gasteiger partial charge in [-0.15, -0.1) is 24.0 Å². The summed E-state index contributed by atoms with van der Waals surface area (Å²) >= 11 is 0. The van der Waals surface area contributed by atoms with Gasteiger partial charge in [0, 0.05) is 44.7 Å². The zero-order valence-corrected chi connectivity index (χ0v) is 19.9. The van der Waals surface area contributed by atoms with Crippen LogP contribution in [0.15, 0.2) is 4.99 Å². The van der Waals surface area contributed by atoms with Crippen LogP contribution in [0.2, 0.25) is 0 Å². The van der Waals surface area contributed by atoms with Gasteiger partial charge in [-0.2, -0.15) is 0 Å². The van der Waals surface area contributed by atoms with Crippen molar-refractivity contribution in [2.24, 2.45) is 16.3 Å². The van der Waals surface area contributed by atoms with E-state index < -0.39 is 10.0 Å². The zero-order chi connectivity index (χ0) is 18.8. The van der Waals surface area contributed by atoms with Crippen molar-refractivity contribution < 1.29 is 13.2 Å². The van der Waals surface area contributed by atoms with Gasteiger partial charge in [0.1, 0.15) is 0 Å². The van der Waals surface area contributed by atoms with Crippen molar-refractivity contribution in [3.05, 3.63) is 0 Å². The molecule has 1 aliphatic heterocycles. The lowest BCUT2D eigenvalue weighted by Gasteiger charge is -2.61. The SMILES string of the molecule is CCOC1CC(NC(=NC)NCC2CCN(S(C)(=O)=O)CC2)C12CCC2.I. The molecule has 2 saturated carbocycles. The summed E-state index contributed by atoms with van der Waals surface area (Å²) in [6, 6.07) is 0.450. The fourth-order valence-corrected chi connectivity index (χ4v) is 5.56. The Kier molecular flexibility index (Phi) is 8.21. The maximum atomic E-state index is 11.6. The highest BCUT2D eigenvalue weighted by molar-refractivity contribution is 14.0. The number of aliphatic imine (C=N–C) groups is 1. The summed E-state index contributed by atoms with van der Waals surface area (Å²) in [5, 5.41) is 7.06. The number of rotatable bonds is 6. The van der Waals surface area contributed by atoms with E-state index in [2.05, 4.69) is 22.5 Å². The molecular weight excluding hydrogens is 479 g/mol. The van der Waals surface area contributed by atoms with Gasteiger partial charge in [-0.3, -0.25) is 4.99 Å². The second-order valence-electron chi connectivity index (χ2n) is 8.02. The third kappa shape index (κ3) is 5.08. The normalized spacial score (nSPS) is 28.8. The van der Waals surface area contributed by atoms with Crippen molar-refractivity contribution in [1.29, 1.82) is 0 Å². The van der Waals surface area contributed by atoms with Crippen LogP contribution in [-0.2, 0) is 14.8 Å². The first kappa shape index (κ1) is 23.2. The van der Waals surface area contributed by atoms with Gasteiger partial charge >= 0.3 is 0 Å². The molecule has 1 heterocycles. The standard InChI is InChI=1S/C18H34N4O3S.HI/c1-4-25-16-12-15(18(16)8-5-9-18)21-17(19-2)20-13-14-6-10-22(11-7-14)26(3,23)24;/h14-16H,4-13H2,1-3H3,(H2,19,20,21);1H. The van der Waals surface area contributed by atoms with Gasteiger partial charge in [0.05, 0.1) is 12.4 Å². The minimum atomic E-state index is -3.05. The lowest BCUT2D eigenvalue weighted by Crippen LogP contribution is -2.68. The second kappa shape index (κ2) is 9.58. The van der Waals surface area contributed by atoms with Crippen LogP contribution in [0.3, 0.4) is 0 Å². The molecule has 3 fully saturated rings. The molecule has 0 aromatic heterocycles. The van der Waals surface area contributed by atoms with E-state index in [0.717, 1.165) is 38.4 Å². The van der Waals surface area contributed by atoms with Crippen LogP contribution in [0.5, 0.6) is 0 Å². The van der Waals surface area contributed by atoms with E-state index in [9.17, 15) is 8.42 Å². The van der Waals surface area contributed by atoms with Gasteiger partial charge in [-0.25, -0.2) is 12.7 Å². The first-order chi connectivity index (χ1) is 12.4. The topological polar surface area (TPSA) is 83.0 Å². The number of guanidine groups is 1. The molecule has 1 saturated heterocycles. The highest BCUT2D eigenvalue weighted by Gasteiger charge is 2.59. The van der Waals surface area contributed by atoms with E-state index in [1.807, 2.05) is 7.05 Å². The third-order valence-corrected chi connectivity index (χ3v) is 7.88. The molecule has 9 heteroatoms. The molecule has 7 nitrogen and oxygen atoms in total. The van der Waals surface area contributed by atoms with E-state index in [4.69, 9.17) is 4.74 Å². The zero-order valence-electron chi connectivity index (χ0n) is 16.7. The first-order valence-electron chi connectivity index (χ1n) is 9.93. The molecule has 0 radical (unpaired) electrons. The predicted octanol–water partition coefficient (Wildman–Crippen LogP) is 1.79. The lowest BCUT2D eigenvalue weighted by molar-refractivity contribution is -0.168. The van der Waals surface area contributed by atoms with Crippen LogP contribution in [0.1, 0.15) is 45.4 Å². The Hall–Kier alpha value is -0.130. The summed E-state index contributed by atoms with van der Waals surface area (Å²) < 4.78 is 30.7. The molecule has 2 aliphatic carbocycles. The maximum Gasteiger partial charge on any atom is 0.211 e. The minimum absolute atomic E-state index is 0. The molecule has 1 spiro atoms. The van der Waals surface area contributed by atoms with E-state index in [1.54, 1.807) is 4.31 Å². The largest absolute Gasteiger partial charge is 0.378 e. The Morgan fingerprint density at radius 2 is 1.96 bits per heavy atom. The number of sulfonamides is 1. The molecule has 3 rings (SSSR count). The summed E-state index contributed by atoms with van der Waals surface area (Å²) in [7, 11) is -1.24. The fourth-order valence-electron chi connectivity index (χ4n) is 4.69. The van der Waals surface area contributed by atoms with Crippen molar-refractivity contribution in [2.45, 2.75) is 57.6 Å². The van der Waals surface area contributed by atoms with Gasteiger partial charge in [-0.05, 0) is 44.9 Å². The quantitative estimate of drug-likeness (QED) is 0.321. The molecule has 0 aromatic rings. The first-order valence-corrected chi connectivity index (χ1v) is 11.8. The highest BCUT2D eigenvalue weighted by atomic mass is 127. The average molecular weight is 514 g/mol. The van der Waals surface area contributed by atoms with Gasteiger partial charge < -0.3 is 15.4 Å². The van der Waals surface area contributed by atoms with Gasteiger partial charge in [-0.1, -0.05) is 6.42 Å².